The summed E-state index contributed by atoms with van der Waals surface area (Å²) in [6.45, 7) is 2.92. The predicted octanol–water partition coefficient (Wildman–Crippen LogP) is 3.42. The van der Waals surface area contributed by atoms with E-state index in [1.54, 1.807) is 26.4 Å². The molecule has 146 valence electrons. The molecular weight excluding hydrogens is 358 g/mol. The number of rotatable bonds is 8. The molecule has 0 aliphatic carbocycles. The molecule has 7 nitrogen and oxygen atoms in total. The number of amides is 1. The number of methoxy groups -OCH3 is 2. The van der Waals surface area contributed by atoms with Gasteiger partial charge in [-0.15, -0.1) is 0 Å². The summed E-state index contributed by atoms with van der Waals surface area (Å²) in [7, 11) is 3.14. The SMILES string of the molecule is CCOc1cccc(CNC(=O)c2cn[nH]c2-c2ccc(OC)c(OC)c2)c1. The average Bonchev–Trinajstić information content (AvgIpc) is 3.22. The van der Waals surface area contributed by atoms with Crippen LogP contribution < -0.4 is 19.5 Å². The molecule has 0 saturated heterocycles. The number of hydrogen-bond acceptors (Lipinski definition) is 5. The van der Waals surface area contributed by atoms with E-state index in [0.717, 1.165) is 16.9 Å². The molecule has 0 fully saturated rings. The molecule has 7 heteroatoms. The molecule has 3 rings (SSSR count). The van der Waals surface area contributed by atoms with Gasteiger partial charge in [-0.3, -0.25) is 9.89 Å². The topological polar surface area (TPSA) is 85.5 Å². The highest BCUT2D eigenvalue weighted by Gasteiger charge is 2.17. The van der Waals surface area contributed by atoms with Crippen molar-refractivity contribution < 1.29 is 19.0 Å². The highest BCUT2D eigenvalue weighted by Crippen LogP contribution is 2.32. The minimum absolute atomic E-state index is 0.222. The number of carbonyl (C=O) groups is 1. The minimum atomic E-state index is -0.222. The van der Waals surface area contributed by atoms with Gasteiger partial charge in [0.1, 0.15) is 5.75 Å². The number of nitrogens with zero attached hydrogens (tertiary/aromatic N) is 1. The number of benzene rings is 2. The molecule has 1 heterocycles. The van der Waals surface area contributed by atoms with Gasteiger partial charge in [0.05, 0.1) is 38.3 Å². The van der Waals surface area contributed by atoms with E-state index in [9.17, 15) is 4.79 Å². The number of H-pyrrole nitrogens is 1. The molecular formula is C21H23N3O4. The van der Waals surface area contributed by atoms with E-state index < -0.39 is 0 Å². The standard InChI is InChI=1S/C21H23N3O4/c1-4-28-16-7-5-6-14(10-16)12-22-21(25)17-13-23-24-20(17)15-8-9-18(26-2)19(11-15)27-3/h5-11,13H,4,12H2,1-3H3,(H,22,25)(H,23,24). The van der Waals surface area contributed by atoms with Gasteiger partial charge in [0.2, 0.25) is 0 Å². The molecule has 0 bridgehead atoms. The Hall–Kier alpha value is -3.48. The van der Waals surface area contributed by atoms with Crippen molar-refractivity contribution in [1.29, 1.82) is 0 Å². The lowest BCUT2D eigenvalue weighted by molar-refractivity contribution is 0.0951. The first-order chi connectivity index (χ1) is 13.7. The van der Waals surface area contributed by atoms with Crippen molar-refractivity contribution in [2.75, 3.05) is 20.8 Å². The first kappa shape index (κ1) is 19.3. The van der Waals surface area contributed by atoms with Crippen molar-refractivity contribution >= 4 is 5.91 Å². The molecule has 0 spiro atoms. The molecule has 0 radical (unpaired) electrons. The summed E-state index contributed by atoms with van der Waals surface area (Å²) in [5.41, 5.74) is 2.80. The van der Waals surface area contributed by atoms with Crippen molar-refractivity contribution in [3.05, 3.63) is 59.8 Å². The molecule has 0 atom stereocenters. The van der Waals surface area contributed by atoms with Crippen LogP contribution in [-0.4, -0.2) is 36.9 Å². The van der Waals surface area contributed by atoms with Crippen LogP contribution in [0.5, 0.6) is 17.2 Å². The Balaban J connectivity index is 1.76. The molecule has 0 unspecified atom stereocenters. The second-order valence-electron chi connectivity index (χ2n) is 5.99. The van der Waals surface area contributed by atoms with Gasteiger partial charge in [-0.05, 0) is 42.8 Å². The van der Waals surface area contributed by atoms with Crippen molar-refractivity contribution in [3.8, 4) is 28.5 Å². The summed E-state index contributed by atoms with van der Waals surface area (Å²) in [6, 6.07) is 13.1. The van der Waals surface area contributed by atoms with E-state index in [1.165, 1.54) is 6.20 Å². The lowest BCUT2D eigenvalue weighted by atomic mass is 10.1. The second-order valence-corrected chi connectivity index (χ2v) is 5.99. The van der Waals surface area contributed by atoms with E-state index in [4.69, 9.17) is 14.2 Å². The summed E-state index contributed by atoms with van der Waals surface area (Å²) < 4.78 is 16.1. The van der Waals surface area contributed by atoms with Crippen LogP contribution in [0.1, 0.15) is 22.8 Å². The zero-order valence-electron chi connectivity index (χ0n) is 16.1. The Morgan fingerprint density at radius 2 is 1.93 bits per heavy atom. The van der Waals surface area contributed by atoms with Gasteiger partial charge >= 0.3 is 0 Å². The van der Waals surface area contributed by atoms with Gasteiger partial charge < -0.3 is 19.5 Å². The fourth-order valence-electron chi connectivity index (χ4n) is 2.86. The van der Waals surface area contributed by atoms with Gasteiger partial charge in [-0.2, -0.15) is 5.10 Å². The maximum Gasteiger partial charge on any atom is 0.255 e. The van der Waals surface area contributed by atoms with Gasteiger partial charge in [0.15, 0.2) is 11.5 Å². The molecule has 2 aromatic carbocycles. The molecule has 0 aliphatic heterocycles. The Bertz CT molecular complexity index is 952. The first-order valence-electron chi connectivity index (χ1n) is 8.92. The van der Waals surface area contributed by atoms with Crippen LogP contribution in [-0.2, 0) is 6.54 Å². The lowest BCUT2D eigenvalue weighted by Gasteiger charge is -2.10. The highest BCUT2D eigenvalue weighted by atomic mass is 16.5. The van der Waals surface area contributed by atoms with E-state index in [0.29, 0.717) is 35.9 Å². The smallest absolute Gasteiger partial charge is 0.255 e. The quantitative estimate of drug-likeness (QED) is 0.624. The monoisotopic (exact) mass is 381 g/mol. The van der Waals surface area contributed by atoms with Crippen LogP contribution in [0, 0.1) is 0 Å². The van der Waals surface area contributed by atoms with Crippen LogP contribution in [0.4, 0.5) is 0 Å². The summed E-state index contributed by atoms with van der Waals surface area (Å²) in [5.74, 6) is 1.75. The second kappa shape index (κ2) is 8.94. The van der Waals surface area contributed by atoms with Crippen molar-refractivity contribution in [3.63, 3.8) is 0 Å². The average molecular weight is 381 g/mol. The van der Waals surface area contributed by atoms with Crippen LogP contribution in [0.25, 0.3) is 11.3 Å². The summed E-state index contributed by atoms with van der Waals surface area (Å²) >= 11 is 0. The molecule has 1 amide bonds. The van der Waals surface area contributed by atoms with Crippen LogP contribution in [0.2, 0.25) is 0 Å². The third kappa shape index (κ3) is 4.25. The Morgan fingerprint density at radius 3 is 2.68 bits per heavy atom. The molecule has 1 aromatic heterocycles. The lowest BCUT2D eigenvalue weighted by Crippen LogP contribution is -2.23. The maximum atomic E-state index is 12.7. The third-order valence-electron chi connectivity index (χ3n) is 4.22. The molecule has 0 aliphatic rings. The Labute approximate surface area is 163 Å². The van der Waals surface area contributed by atoms with Gasteiger partial charge in [-0.25, -0.2) is 0 Å². The van der Waals surface area contributed by atoms with Gasteiger partial charge in [0, 0.05) is 12.1 Å². The van der Waals surface area contributed by atoms with E-state index in [1.807, 2.05) is 37.3 Å². The van der Waals surface area contributed by atoms with Crippen LogP contribution in [0.15, 0.2) is 48.7 Å². The molecule has 2 N–H and O–H groups in total. The number of hydrogen-bond donors (Lipinski definition) is 2. The minimum Gasteiger partial charge on any atom is -0.494 e. The largest absolute Gasteiger partial charge is 0.494 e. The predicted molar refractivity (Wildman–Crippen MR) is 106 cm³/mol. The normalized spacial score (nSPS) is 10.4. The van der Waals surface area contributed by atoms with E-state index in [2.05, 4.69) is 15.5 Å². The van der Waals surface area contributed by atoms with Crippen molar-refractivity contribution in [2.45, 2.75) is 13.5 Å². The first-order valence-corrected chi connectivity index (χ1v) is 8.92. The fourth-order valence-corrected chi connectivity index (χ4v) is 2.86. The van der Waals surface area contributed by atoms with E-state index >= 15 is 0 Å². The zero-order valence-corrected chi connectivity index (χ0v) is 16.1. The molecule has 28 heavy (non-hydrogen) atoms. The maximum absolute atomic E-state index is 12.7. The van der Waals surface area contributed by atoms with Crippen LogP contribution >= 0.6 is 0 Å². The van der Waals surface area contributed by atoms with Gasteiger partial charge in [-0.1, -0.05) is 12.1 Å². The number of nitrogens with one attached hydrogen (secondary N) is 2. The Kier molecular flexibility index (Phi) is 6.16. The van der Waals surface area contributed by atoms with Crippen molar-refractivity contribution in [1.82, 2.24) is 15.5 Å². The number of ether oxygens (including phenoxy) is 3. The Morgan fingerprint density at radius 1 is 1.11 bits per heavy atom. The zero-order chi connectivity index (χ0) is 19.9. The van der Waals surface area contributed by atoms with Crippen molar-refractivity contribution in [2.24, 2.45) is 0 Å². The summed E-state index contributed by atoms with van der Waals surface area (Å²) in [5, 5.41) is 9.84. The molecule has 3 aromatic rings. The third-order valence-corrected chi connectivity index (χ3v) is 4.22. The number of aromatic amines is 1. The van der Waals surface area contributed by atoms with E-state index in [-0.39, 0.29) is 5.91 Å². The highest BCUT2D eigenvalue weighted by molar-refractivity contribution is 5.99. The summed E-state index contributed by atoms with van der Waals surface area (Å²) in [6.07, 6.45) is 1.51. The van der Waals surface area contributed by atoms with Crippen LogP contribution in [0.3, 0.4) is 0 Å². The number of aromatic nitrogens is 2. The number of carbonyl (C=O) groups excluding carboxylic acids is 1. The van der Waals surface area contributed by atoms with Gasteiger partial charge in [0.25, 0.3) is 5.91 Å². The summed E-state index contributed by atoms with van der Waals surface area (Å²) in [4.78, 5) is 12.7. The molecule has 0 saturated carbocycles. The fraction of sp³-hybridized carbons (Fsp3) is 0.238.